The summed E-state index contributed by atoms with van der Waals surface area (Å²) in [5.41, 5.74) is 0.401. The van der Waals surface area contributed by atoms with Gasteiger partial charge in [0.25, 0.3) is 5.91 Å². The number of hydrogen-bond acceptors (Lipinski definition) is 5. The molecule has 0 bridgehead atoms. The highest BCUT2D eigenvalue weighted by molar-refractivity contribution is 7.80. The van der Waals surface area contributed by atoms with Crippen LogP contribution in [0.25, 0.3) is 0 Å². The topological polar surface area (TPSA) is 68.0 Å². The highest BCUT2D eigenvalue weighted by Gasteiger charge is 2.10. The Morgan fingerprint density at radius 1 is 1.53 bits per heavy atom. The van der Waals surface area contributed by atoms with Crippen LogP contribution in [0, 0.1) is 6.92 Å². The summed E-state index contributed by atoms with van der Waals surface area (Å²) in [7, 11) is 0. The van der Waals surface area contributed by atoms with Crippen molar-refractivity contribution in [3.8, 4) is 0 Å². The third-order valence-electron chi connectivity index (χ3n) is 2.40. The molecule has 1 N–H and O–H groups in total. The predicted molar refractivity (Wildman–Crippen MR) is 73.8 cm³/mol. The molecule has 0 unspecified atom stereocenters. The van der Waals surface area contributed by atoms with Gasteiger partial charge >= 0.3 is 0 Å². The lowest BCUT2D eigenvalue weighted by Gasteiger charge is -2.06. The van der Waals surface area contributed by atoms with E-state index in [1.807, 2.05) is 0 Å². The number of amides is 1. The van der Waals surface area contributed by atoms with Gasteiger partial charge in [-0.15, -0.1) is 12.6 Å². The summed E-state index contributed by atoms with van der Waals surface area (Å²) < 4.78 is 4.84. The van der Waals surface area contributed by atoms with Gasteiger partial charge in [-0.2, -0.15) is 4.98 Å². The van der Waals surface area contributed by atoms with Crippen molar-refractivity contribution in [1.82, 2.24) is 15.5 Å². The number of hydrogen-bond donors (Lipinski definition) is 2. The van der Waals surface area contributed by atoms with E-state index >= 15 is 0 Å². The Morgan fingerprint density at radius 3 is 3.00 bits per heavy atom. The van der Waals surface area contributed by atoms with Crippen LogP contribution in [0.1, 0.15) is 22.1 Å². The van der Waals surface area contributed by atoms with Crippen molar-refractivity contribution < 1.29 is 9.32 Å². The van der Waals surface area contributed by atoms with Crippen LogP contribution >= 0.6 is 24.2 Å². The molecule has 0 saturated carbocycles. The summed E-state index contributed by atoms with van der Waals surface area (Å²) in [5, 5.41) is 6.88. The predicted octanol–water partition coefficient (Wildman–Crippen LogP) is 2.29. The van der Waals surface area contributed by atoms with E-state index in [0.717, 1.165) is 0 Å². The van der Waals surface area contributed by atoms with Crippen LogP contribution in [0.15, 0.2) is 27.6 Å². The number of aryl methyl sites for hydroxylation is 1. The third kappa shape index (κ3) is 3.71. The molecule has 19 heavy (non-hydrogen) atoms. The molecule has 100 valence electrons. The summed E-state index contributed by atoms with van der Waals surface area (Å²) in [6.45, 7) is 2.12. The van der Waals surface area contributed by atoms with Gasteiger partial charge in [0.2, 0.25) is 5.89 Å². The molecule has 0 atom stereocenters. The second-order valence-electron chi connectivity index (χ2n) is 3.90. The van der Waals surface area contributed by atoms with Gasteiger partial charge in [0.15, 0.2) is 5.82 Å². The largest absolute Gasteiger partial charge is 0.352 e. The fourth-order valence-electron chi connectivity index (χ4n) is 1.51. The number of rotatable bonds is 4. The third-order valence-corrected chi connectivity index (χ3v) is 3.01. The normalized spacial score (nSPS) is 10.5. The number of nitrogens with one attached hydrogen (secondary N) is 1. The molecule has 2 aromatic rings. The summed E-state index contributed by atoms with van der Waals surface area (Å²) in [4.78, 5) is 16.6. The van der Waals surface area contributed by atoms with Gasteiger partial charge in [0, 0.05) is 24.8 Å². The molecular formula is C12H12ClN3O2S. The molecule has 0 aliphatic heterocycles. The molecule has 7 heteroatoms. The molecule has 0 aliphatic carbocycles. The van der Waals surface area contributed by atoms with Gasteiger partial charge in [-0.05, 0) is 18.2 Å². The molecule has 1 aromatic carbocycles. The molecule has 0 spiro atoms. The van der Waals surface area contributed by atoms with E-state index in [4.69, 9.17) is 16.1 Å². The first-order valence-electron chi connectivity index (χ1n) is 5.62. The lowest BCUT2D eigenvalue weighted by molar-refractivity contribution is 0.0954. The van der Waals surface area contributed by atoms with Crippen LogP contribution in [0.4, 0.5) is 0 Å². The first-order chi connectivity index (χ1) is 9.06. The monoisotopic (exact) mass is 297 g/mol. The van der Waals surface area contributed by atoms with Crippen molar-refractivity contribution in [2.24, 2.45) is 0 Å². The van der Waals surface area contributed by atoms with Gasteiger partial charge in [-0.25, -0.2) is 0 Å². The fourth-order valence-corrected chi connectivity index (χ4v) is 1.92. The molecule has 2 rings (SSSR count). The van der Waals surface area contributed by atoms with Crippen molar-refractivity contribution in [3.63, 3.8) is 0 Å². The van der Waals surface area contributed by atoms with Gasteiger partial charge in [0.1, 0.15) is 0 Å². The van der Waals surface area contributed by atoms with Gasteiger partial charge in [-0.3, -0.25) is 4.79 Å². The van der Waals surface area contributed by atoms with Crippen molar-refractivity contribution in [2.45, 2.75) is 18.2 Å². The molecule has 5 nitrogen and oxygen atoms in total. The summed E-state index contributed by atoms with van der Waals surface area (Å²) in [6, 6.07) is 4.99. The highest BCUT2D eigenvalue weighted by Crippen LogP contribution is 2.19. The summed E-state index contributed by atoms with van der Waals surface area (Å²) in [6.07, 6.45) is 0.501. The maximum absolute atomic E-state index is 11.9. The minimum Gasteiger partial charge on any atom is -0.352 e. The van der Waals surface area contributed by atoms with Crippen LogP contribution in [0.3, 0.4) is 0 Å². The first-order valence-corrected chi connectivity index (χ1v) is 6.44. The molecule has 0 fully saturated rings. The Kier molecular flexibility index (Phi) is 4.44. The van der Waals surface area contributed by atoms with E-state index in [1.54, 1.807) is 25.1 Å². The molecule has 0 saturated heterocycles. The van der Waals surface area contributed by atoms with E-state index in [1.165, 1.54) is 0 Å². The molecule has 1 aromatic heterocycles. The minimum atomic E-state index is -0.249. The maximum atomic E-state index is 11.9. The Balaban J connectivity index is 1.92. The number of nitrogens with zero attached hydrogens (tertiary/aromatic N) is 2. The summed E-state index contributed by atoms with van der Waals surface area (Å²) >= 11 is 10.1. The van der Waals surface area contributed by atoms with E-state index in [9.17, 15) is 4.79 Å². The first kappa shape index (κ1) is 13.9. The second-order valence-corrected chi connectivity index (χ2v) is 4.82. The molecular weight excluding hydrogens is 286 g/mol. The standard InChI is InChI=1S/C12H12ClN3O2S/c1-7-15-11(16-18-7)4-5-14-12(17)9-6-8(19)2-3-10(9)13/h2-3,6,19H,4-5H2,1H3,(H,14,17). The Bertz CT molecular complexity index is 600. The average Bonchev–Trinajstić information content (AvgIpc) is 2.78. The van der Waals surface area contributed by atoms with Crippen molar-refractivity contribution in [2.75, 3.05) is 6.54 Å². The summed E-state index contributed by atoms with van der Waals surface area (Å²) in [5.74, 6) is 0.820. The molecule has 1 amide bonds. The van der Waals surface area contributed by atoms with E-state index < -0.39 is 0 Å². The number of halogens is 1. The number of benzene rings is 1. The van der Waals surface area contributed by atoms with Gasteiger partial charge in [0.05, 0.1) is 10.6 Å². The average molecular weight is 298 g/mol. The zero-order valence-electron chi connectivity index (χ0n) is 10.2. The van der Waals surface area contributed by atoms with Gasteiger partial charge < -0.3 is 9.84 Å². The second kappa shape index (κ2) is 6.08. The maximum Gasteiger partial charge on any atom is 0.252 e. The zero-order valence-corrected chi connectivity index (χ0v) is 11.8. The Hall–Kier alpha value is -1.53. The smallest absolute Gasteiger partial charge is 0.252 e. The minimum absolute atomic E-state index is 0.249. The van der Waals surface area contributed by atoms with Crippen molar-refractivity contribution in [3.05, 3.63) is 40.5 Å². The van der Waals surface area contributed by atoms with Crippen LogP contribution < -0.4 is 5.32 Å². The van der Waals surface area contributed by atoms with Gasteiger partial charge in [-0.1, -0.05) is 16.8 Å². The van der Waals surface area contributed by atoms with E-state index in [-0.39, 0.29) is 5.91 Å². The quantitative estimate of drug-likeness (QED) is 0.850. The fraction of sp³-hybridized carbons (Fsp3) is 0.250. The van der Waals surface area contributed by atoms with E-state index in [2.05, 4.69) is 28.1 Å². The lowest BCUT2D eigenvalue weighted by atomic mass is 10.2. The number of aromatic nitrogens is 2. The zero-order chi connectivity index (χ0) is 13.8. The lowest BCUT2D eigenvalue weighted by Crippen LogP contribution is -2.26. The van der Waals surface area contributed by atoms with E-state index in [0.29, 0.717) is 40.2 Å². The molecule has 0 radical (unpaired) electrons. The highest BCUT2D eigenvalue weighted by atomic mass is 35.5. The number of carbonyl (C=O) groups excluding carboxylic acids is 1. The Morgan fingerprint density at radius 2 is 2.32 bits per heavy atom. The van der Waals surface area contributed by atoms with Crippen molar-refractivity contribution >= 4 is 30.1 Å². The van der Waals surface area contributed by atoms with Crippen LogP contribution in [0.2, 0.25) is 5.02 Å². The van der Waals surface area contributed by atoms with Crippen molar-refractivity contribution in [1.29, 1.82) is 0 Å². The van der Waals surface area contributed by atoms with Crippen LogP contribution in [-0.2, 0) is 6.42 Å². The number of thiol groups is 1. The Labute approximate surface area is 120 Å². The van der Waals surface area contributed by atoms with Crippen LogP contribution in [-0.4, -0.2) is 22.6 Å². The van der Waals surface area contributed by atoms with Crippen LogP contribution in [0.5, 0.6) is 0 Å². The SMILES string of the molecule is Cc1nc(CCNC(=O)c2cc(S)ccc2Cl)no1. The number of carbonyl (C=O) groups is 1. The molecule has 0 aliphatic rings. The molecule has 1 heterocycles.